The van der Waals surface area contributed by atoms with E-state index in [0.717, 1.165) is 41.7 Å². The van der Waals surface area contributed by atoms with Gasteiger partial charge in [-0.1, -0.05) is 23.4 Å². The Balaban J connectivity index is 2.32. The van der Waals surface area contributed by atoms with Gasteiger partial charge < -0.3 is 0 Å². The van der Waals surface area contributed by atoms with Crippen LogP contribution in [-0.4, -0.2) is 8.75 Å². The zero-order valence-electron chi connectivity index (χ0n) is 7.08. The van der Waals surface area contributed by atoms with Crippen LogP contribution in [0.15, 0.2) is 28.1 Å². The maximum absolute atomic E-state index is 13.2. The van der Waals surface area contributed by atoms with Gasteiger partial charge in [-0.2, -0.15) is 8.75 Å². The Hall–Kier alpha value is -0.720. The predicted octanol–water partition coefficient (Wildman–Crippen LogP) is 3.62. The molecule has 0 unspecified atom stereocenters. The second-order valence-corrected chi connectivity index (χ2v) is 4.45. The molecule has 0 bridgehead atoms. The van der Waals surface area contributed by atoms with Gasteiger partial charge >= 0.3 is 0 Å². The normalized spacial score (nSPS) is 10.6. The number of aromatic nitrogens is 2. The van der Waals surface area contributed by atoms with Gasteiger partial charge in [0.25, 0.3) is 0 Å². The Morgan fingerprint density at radius 1 is 1.27 bits per heavy atom. The molecule has 0 radical (unpaired) electrons. The largest absolute Gasteiger partial charge is 0.207 e. The van der Waals surface area contributed by atoms with E-state index in [9.17, 15) is 8.78 Å². The zero-order chi connectivity index (χ0) is 10.8. The van der Waals surface area contributed by atoms with E-state index in [1.807, 2.05) is 0 Å². The van der Waals surface area contributed by atoms with E-state index in [1.165, 1.54) is 0 Å². The van der Waals surface area contributed by atoms with Crippen LogP contribution in [0, 0.1) is 11.6 Å². The van der Waals surface area contributed by atoms with Gasteiger partial charge in [0.05, 0.1) is 16.6 Å². The van der Waals surface area contributed by atoms with Crippen molar-refractivity contribution in [1.82, 2.24) is 8.75 Å². The lowest BCUT2D eigenvalue weighted by atomic mass is 10.3. The van der Waals surface area contributed by atoms with Crippen molar-refractivity contribution in [1.29, 1.82) is 0 Å². The molecular weight excluding hydrogens is 262 g/mol. The first kappa shape index (κ1) is 10.8. The third-order valence-electron chi connectivity index (χ3n) is 1.52. The topological polar surface area (TPSA) is 25.8 Å². The van der Waals surface area contributed by atoms with Crippen LogP contribution in [0.1, 0.15) is 0 Å². The van der Waals surface area contributed by atoms with E-state index in [4.69, 9.17) is 11.6 Å². The van der Waals surface area contributed by atoms with Crippen molar-refractivity contribution < 1.29 is 8.78 Å². The number of rotatable bonds is 2. The molecule has 7 heteroatoms. The molecule has 1 heterocycles. The molecule has 0 amide bonds. The highest BCUT2D eigenvalue weighted by Crippen LogP contribution is 2.33. The maximum Gasteiger partial charge on any atom is 0.177 e. The van der Waals surface area contributed by atoms with Crippen LogP contribution < -0.4 is 0 Å². The van der Waals surface area contributed by atoms with Gasteiger partial charge in [0.1, 0.15) is 11.6 Å². The second-order valence-electron chi connectivity index (χ2n) is 2.54. The average molecular weight is 265 g/mol. The van der Waals surface area contributed by atoms with Gasteiger partial charge in [-0.05, 0) is 18.2 Å². The Morgan fingerprint density at radius 3 is 2.73 bits per heavy atom. The van der Waals surface area contributed by atoms with E-state index in [1.54, 1.807) is 0 Å². The number of nitrogens with zero attached hydrogens (tertiary/aromatic N) is 2. The Labute approximate surface area is 97.6 Å². The molecule has 0 atom stereocenters. The monoisotopic (exact) mass is 264 g/mol. The Kier molecular flexibility index (Phi) is 3.18. The van der Waals surface area contributed by atoms with Gasteiger partial charge in [0, 0.05) is 0 Å². The molecule has 15 heavy (non-hydrogen) atoms. The standard InChI is InChI=1S/C8H3ClF2N2S2/c9-7-8(13-15-12-7)14-6-3-4(10)1-2-5(6)11/h1-3H. The first-order valence-corrected chi connectivity index (χ1v) is 5.70. The van der Waals surface area contributed by atoms with Crippen molar-refractivity contribution in [2.45, 2.75) is 9.92 Å². The van der Waals surface area contributed by atoms with Crippen LogP contribution >= 0.6 is 35.1 Å². The lowest BCUT2D eigenvalue weighted by Crippen LogP contribution is -1.83. The van der Waals surface area contributed by atoms with Crippen molar-refractivity contribution in [2.75, 3.05) is 0 Å². The van der Waals surface area contributed by atoms with E-state index >= 15 is 0 Å². The molecular formula is C8H3ClF2N2S2. The fourth-order valence-electron chi connectivity index (χ4n) is 0.890. The van der Waals surface area contributed by atoms with Crippen LogP contribution in [0.5, 0.6) is 0 Å². The molecule has 0 spiro atoms. The number of hydrogen-bond donors (Lipinski definition) is 0. The summed E-state index contributed by atoms with van der Waals surface area (Å²) in [5, 5.41) is 0.583. The van der Waals surface area contributed by atoms with Crippen LogP contribution in [-0.2, 0) is 0 Å². The maximum atomic E-state index is 13.2. The summed E-state index contributed by atoms with van der Waals surface area (Å²) >= 11 is 7.56. The first-order chi connectivity index (χ1) is 7.16. The molecule has 0 saturated heterocycles. The summed E-state index contributed by atoms with van der Waals surface area (Å²) < 4.78 is 33.6. The zero-order valence-corrected chi connectivity index (χ0v) is 9.47. The Morgan fingerprint density at radius 2 is 2.07 bits per heavy atom. The van der Waals surface area contributed by atoms with Crippen molar-refractivity contribution >= 4 is 35.1 Å². The highest BCUT2D eigenvalue weighted by Gasteiger charge is 2.11. The summed E-state index contributed by atoms with van der Waals surface area (Å²) in [6.07, 6.45) is 0. The molecule has 1 aromatic heterocycles. The summed E-state index contributed by atoms with van der Waals surface area (Å²) in [6, 6.07) is 3.21. The summed E-state index contributed by atoms with van der Waals surface area (Å²) in [7, 11) is 0. The molecule has 78 valence electrons. The van der Waals surface area contributed by atoms with Crippen LogP contribution in [0.3, 0.4) is 0 Å². The fourth-order valence-corrected chi connectivity index (χ4v) is 2.53. The molecule has 2 aromatic rings. The van der Waals surface area contributed by atoms with Crippen molar-refractivity contribution in [3.63, 3.8) is 0 Å². The molecule has 1 aromatic carbocycles. The summed E-state index contributed by atoms with van der Waals surface area (Å²) in [6.45, 7) is 0. The van der Waals surface area contributed by atoms with Gasteiger partial charge in [-0.25, -0.2) is 8.78 Å². The SMILES string of the molecule is Fc1ccc(F)c(Sc2nsnc2Cl)c1. The van der Waals surface area contributed by atoms with Crippen LogP contribution in [0.4, 0.5) is 8.78 Å². The summed E-state index contributed by atoms with van der Waals surface area (Å²) in [4.78, 5) is 0.143. The molecule has 2 rings (SSSR count). The molecule has 0 N–H and O–H groups in total. The molecule has 2 nitrogen and oxygen atoms in total. The Bertz CT molecular complexity index is 489. The van der Waals surface area contributed by atoms with E-state index in [0.29, 0.717) is 5.03 Å². The third kappa shape index (κ3) is 2.45. The van der Waals surface area contributed by atoms with Crippen LogP contribution in [0.25, 0.3) is 0 Å². The van der Waals surface area contributed by atoms with Crippen molar-refractivity contribution in [3.05, 3.63) is 35.0 Å². The predicted molar refractivity (Wildman–Crippen MR) is 55.4 cm³/mol. The number of benzene rings is 1. The molecule has 0 aliphatic carbocycles. The van der Waals surface area contributed by atoms with E-state index in [-0.39, 0.29) is 10.0 Å². The third-order valence-corrected chi connectivity index (χ3v) is 3.65. The minimum Gasteiger partial charge on any atom is -0.207 e. The lowest BCUT2D eigenvalue weighted by molar-refractivity contribution is 0.577. The summed E-state index contributed by atoms with van der Waals surface area (Å²) in [5.41, 5.74) is 0. The first-order valence-electron chi connectivity index (χ1n) is 3.78. The summed E-state index contributed by atoms with van der Waals surface area (Å²) in [5.74, 6) is -1.01. The highest BCUT2D eigenvalue weighted by atomic mass is 35.5. The van der Waals surface area contributed by atoms with Crippen LogP contribution in [0.2, 0.25) is 5.15 Å². The fraction of sp³-hybridized carbons (Fsp3) is 0. The minimum absolute atomic E-state index is 0.143. The molecule has 0 aliphatic heterocycles. The smallest absolute Gasteiger partial charge is 0.177 e. The van der Waals surface area contributed by atoms with Crippen molar-refractivity contribution in [3.8, 4) is 0 Å². The minimum atomic E-state index is -0.509. The molecule has 0 saturated carbocycles. The van der Waals surface area contributed by atoms with E-state index in [2.05, 4.69) is 8.75 Å². The van der Waals surface area contributed by atoms with Gasteiger partial charge in [0.2, 0.25) is 0 Å². The number of halogens is 3. The average Bonchev–Trinajstić information content (AvgIpc) is 2.58. The number of hydrogen-bond acceptors (Lipinski definition) is 4. The van der Waals surface area contributed by atoms with Crippen molar-refractivity contribution in [2.24, 2.45) is 0 Å². The lowest BCUT2D eigenvalue weighted by Gasteiger charge is -1.99. The van der Waals surface area contributed by atoms with E-state index < -0.39 is 11.6 Å². The second kappa shape index (κ2) is 4.42. The quantitative estimate of drug-likeness (QED) is 0.829. The van der Waals surface area contributed by atoms with Gasteiger partial charge in [-0.3, -0.25) is 0 Å². The molecule has 0 fully saturated rings. The highest BCUT2D eigenvalue weighted by molar-refractivity contribution is 7.99. The van der Waals surface area contributed by atoms with Gasteiger partial charge in [0.15, 0.2) is 10.2 Å². The van der Waals surface area contributed by atoms with Gasteiger partial charge in [-0.15, -0.1) is 0 Å². The molecule has 0 aliphatic rings.